The fourth-order valence-electron chi connectivity index (χ4n) is 1.21. The first-order chi connectivity index (χ1) is 5.27. The summed E-state index contributed by atoms with van der Waals surface area (Å²) in [4.78, 5) is 10.8. The Hall–Kier alpha value is -1.38. The molecule has 1 heterocycles. The Morgan fingerprint density at radius 3 is 3.00 bits per heavy atom. The lowest BCUT2D eigenvalue weighted by atomic mass is 10.2. The van der Waals surface area contributed by atoms with E-state index in [1.54, 1.807) is 12.1 Å². The summed E-state index contributed by atoms with van der Waals surface area (Å²) in [5.74, 6) is -0.488. The van der Waals surface area contributed by atoms with Gasteiger partial charge in [-0.2, -0.15) is 0 Å². The molecular weight excluding hydrogens is 145 g/mol. The van der Waals surface area contributed by atoms with E-state index in [9.17, 15) is 9.18 Å². The van der Waals surface area contributed by atoms with Crippen LogP contribution in [0.5, 0.6) is 0 Å². The minimum Gasteiger partial charge on any atom is -0.323 e. The number of fused-ring (bicyclic) bond motifs is 1. The minimum absolute atomic E-state index is 0.134. The van der Waals surface area contributed by atoms with E-state index in [-0.39, 0.29) is 11.7 Å². The summed E-state index contributed by atoms with van der Waals surface area (Å²) in [6, 6.07) is 4.69. The highest BCUT2D eigenvalue weighted by atomic mass is 19.1. The predicted molar refractivity (Wildman–Crippen MR) is 38.7 cm³/mol. The summed E-state index contributed by atoms with van der Waals surface area (Å²) in [6.07, 6.45) is 0.299. The monoisotopic (exact) mass is 151 g/mol. The van der Waals surface area contributed by atoms with Crippen molar-refractivity contribution in [1.29, 1.82) is 0 Å². The Labute approximate surface area is 63.0 Å². The van der Waals surface area contributed by atoms with Crippen LogP contribution in [0.2, 0.25) is 0 Å². The maximum atomic E-state index is 12.8. The van der Waals surface area contributed by atoms with Crippen LogP contribution < -0.4 is 5.32 Å². The van der Waals surface area contributed by atoms with Crippen molar-refractivity contribution in [2.24, 2.45) is 0 Å². The average Bonchev–Trinajstić information content (AvgIpc) is 2.31. The molecule has 0 saturated heterocycles. The topological polar surface area (TPSA) is 29.1 Å². The number of amides is 1. The third kappa shape index (κ3) is 0.888. The van der Waals surface area contributed by atoms with E-state index in [4.69, 9.17) is 0 Å². The van der Waals surface area contributed by atoms with Gasteiger partial charge in [0.05, 0.1) is 12.1 Å². The third-order valence-corrected chi connectivity index (χ3v) is 1.72. The molecule has 0 atom stereocenters. The van der Waals surface area contributed by atoms with E-state index in [1.807, 2.05) is 0 Å². The first kappa shape index (κ1) is 6.34. The maximum absolute atomic E-state index is 12.8. The van der Waals surface area contributed by atoms with Gasteiger partial charge in [-0.1, -0.05) is 12.1 Å². The van der Waals surface area contributed by atoms with Gasteiger partial charge in [-0.25, -0.2) is 4.39 Å². The number of carbonyl (C=O) groups is 1. The SMILES string of the molecule is O=C1Cc2cccc(F)c2N1. The van der Waals surface area contributed by atoms with Crippen LogP contribution in [0, 0.1) is 5.82 Å². The molecule has 0 unspecified atom stereocenters. The van der Waals surface area contributed by atoms with Gasteiger partial charge in [0.25, 0.3) is 0 Å². The summed E-state index contributed by atoms with van der Waals surface area (Å²) >= 11 is 0. The van der Waals surface area contributed by atoms with Gasteiger partial charge in [0.1, 0.15) is 5.82 Å². The molecule has 2 nitrogen and oxygen atoms in total. The highest BCUT2D eigenvalue weighted by Gasteiger charge is 2.19. The van der Waals surface area contributed by atoms with Crippen molar-refractivity contribution in [3.05, 3.63) is 29.6 Å². The second kappa shape index (κ2) is 2.05. The largest absolute Gasteiger partial charge is 0.323 e. The number of halogens is 1. The number of anilines is 1. The fraction of sp³-hybridized carbons (Fsp3) is 0.125. The lowest BCUT2D eigenvalue weighted by molar-refractivity contribution is -0.115. The van der Waals surface area contributed by atoms with Crippen LogP contribution in [0.1, 0.15) is 5.56 Å². The lowest BCUT2D eigenvalue weighted by Gasteiger charge is -1.97. The molecule has 11 heavy (non-hydrogen) atoms. The van der Waals surface area contributed by atoms with Crippen LogP contribution >= 0.6 is 0 Å². The Kier molecular flexibility index (Phi) is 1.18. The van der Waals surface area contributed by atoms with E-state index >= 15 is 0 Å². The molecule has 0 radical (unpaired) electrons. The molecule has 1 aliphatic heterocycles. The number of nitrogens with one attached hydrogen (secondary N) is 1. The molecule has 1 aliphatic rings. The molecule has 0 aromatic heterocycles. The maximum Gasteiger partial charge on any atom is 0.228 e. The number of rotatable bonds is 0. The van der Waals surface area contributed by atoms with Crippen molar-refractivity contribution >= 4 is 11.6 Å². The van der Waals surface area contributed by atoms with Gasteiger partial charge in [0.2, 0.25) is 5.91 Å². The van der Waals surface area contributed by atoms with Crippen LogP contribution in [0.15, 0.2) is 18.2 Å². The standard InChI is InChI=1S/C8H6FNO/c9-6-3-1-2-5-4-7(11)10-8(5)6/h1-3H,4H2,(H,10,11). The average molecular weight is 151 g/mol. The zero-order chi connectivity index (χ0) is 7.84. The molecule has 2 rings (SSSR count). The van der Waals surface area contributed by atoms with Crippen molar-refractivity contribution in [3.8, 4) is 0 Å². The fourth-order valence-corrected chi connectivity index (χ4v) is 1.21. The highest BCUT2D eigenvalue weighted by Crippen LogP contribution is 2.25. The van der Waals surface area contributed by atoms with Crippen LogP contribution in [0.3, 0.4) is 0 Å². The van der Waals surface area contributed by atoms with Crippen LogP contribution in [-0.4, -0.2) is 5.91 Å². The van der Waals surface area contributed by atoms with Crippen molar-refractivity contribution in [1.82, 2.24) is 0 Å². The number of benzene rings is 1. The molecular formula is C8H6FNO. The molecule has 56 valence electrons. The van der Waals surface area contributed by atoms with E-state index < -0.39 is 0 Å². The zero-order valence-electron chi connectivity index (χ0n) is 5.73. The van der Waals surface area contributed by atoms with E-state index in [1.165, 1.54) is 6.07 Å². The van der Waals surface area contributed by atoms with Gasteiger partial charge < -0.3 is 5.32 Å². The molecule has 0 aliphatic carbocycles. The molecule has 0 bridgehead atoms. The molecule has 1 amide bonds. The zero-order valence-corrected chi connectivity index (χ0v) is 5.73. The molecule has 1 aromatic carbocycles. The minimum atomic E-state index is -0.353. The summed E-state index contributed by atoms with van der Waals surface area (Å²) in [6.45, 7) is 0. The Balaban J connectivity index is 2.57. The number of hydrogen-bond donors (Lipinski definition) is 1. The Morgan fingerprint density at radius 2 is 2.27 bits per heavy atom. The highest BCUT2D eigenvalue weighted by molar-refractivity contribution is 5.99. The van der Waals surface area contributed by atoms with Gasteiger partial charge in [0.15, 0.2) is 0 Å². The van der Waals surface area contributed by atoms with Crippen molar-refractivity contribution in [2.75, 3.05) is 5.32 Å². The van der Waals surface area contributed by atoms with Gasteiger partial charge >= 0.3 is 0 Å². The Bertz CT molecular complexity index is 322. The molecule has 3 heteroatoms. The van der Waals surface area contributed by atoms with E-state index in [2.05, 4.69) is 5.32 Å². The second-order valence-electron chi connectivity index (χ2n) is 2.50. The second-order valence-corrected chi connectivity index (χ2v) is 2.50. The van der Waals surface area contributed by atoms with Crippen molar-refractivity contribution in [3.63, 3.8) is 0 Å². The summed E-state index contributed by atoms with van der Waals surface area (Å²) < 4.78 is 12.8. The smallest absolute Gasteiger partial charge is 0.228 e. The molecule has 0 spiro atoms. The predicted octanol–water partition coefficient (Wildman–Crippen LogP) is 1.32. The van der Waals surface area contributed by atoms with Crippen LogP contribution in [0.4, 0.5) is 10.1 Å². The van der Waals surface area contributed by atoms with Gasteiger partial charge in [-0.05, 0) is 11.6 Å². The summed E-state index contributed by atoms with van der Waals surface area (Å²) in [5.41, 5.74) is 1.09. The normalized spacial score (nSPS) is 14.5. The molecule has 1 N–H and O–H groups in total. The van der Waals surface area contributed by atoms with E-state index in [0.717, 1.165) is 5.56 Å². The molecule has 1 aromatic rings. The van der Waals surface area contributed by atoms with Gasteiger partial charge in [-0.3, -0.25) is 4.79 Å². The lowest BCUT2D eigenvalue weighted by Crippen LogP contribution is -2.04. The molecule has 0 saturated carbocycles. The molecule has 0 fully saturated rings. The van der Waals surface area contributed by atoms with Crippen LogP contribution in [-0.2, 0) is 11.2 Å². The van der Waals surface area contributed by atoms with Gasteiger partial charge in [0, 0.05) is 0 Å². The van der Waals surface area contributed by atoms with Crippen LogP contribution in [0.25, 0.3) is 0 Å². The Morgan fingerprint density at radius 1 is 1.45 bits per heavy atom. The van der Waals surface area contributed by atoms with Crippen molar-refractivity contribution < 1.29 is 9.18 Å². The van der Waals surface area contributed by atoms with Crippen molar-refractivity contribution in [2.45, 2.75) is 6.42 Å². The number of para-hydroxylation sites is 1. The number of hydrogen-bond acceptors (Lipinski definition) is 1. The quantitative estimate of drug-likeness (QED) is 0.595. The first-order valence-corrected chi connectivity index (χ1v) is 3.34. The van der Waals surface area contributed by atoms with Gasteiger partial charge in [-0.15, -0.1) is 0 Å². The summed E-state index contributed by atoms with van der Waals surface area (Å²) in [5, 5.41) is 2.45. The summed E-state index contributed by atoms with van der Waals surface area (Å²) in [7, 11) is 0. The number of carbonyl (C=O) groups excluding carboxylic acids is 1. The van der Waals surface area contributed by atoms with E-state index in [0.29, 0.717) is 12.1 Å². The first-order valence-electron chi connectivity index (χ1n) is 3.34. The third-order valence-electron chi connectivity index (χ3n) is 1.72.